The van der Waals surface area contributed by atoms with E-state index in [1.54, 1.807) is 0 Å². The fraction of sp³-hybridized carbons (Fsp3) is 0.929. The molecule has 1 saturated carbocycles. The SMILES string of the molecule is CCC1CCC2(CC1)CN(C(=O)CN(C)C)C2. The number of hydrogen-bond donors (Lipinski definition) is 0. The van der Waals surface area contributed by atoms with E-state index in [2.05, 4.69) is 6.92 Å². The standard InChI is InChI=1S/C14H26N2O/c1-4-12-5-7-14(8-6-12)10-16(11-14)13(17)9-15(2)3/h12H,4-11H2,1-3H3. The van der Waals surface area contributed by atoms with E-state index in [4.69, 9.17) is 0 Å². The highest BCUT2D eigenvalue weighted by molar-refractivity contribution is 5.79. The summed E-state index contributed by atoms with van der Waals surface area (Å²) < 4.78 is 0. The van der Waals surface area contributed by atoms with Crippen LogP contribution in [0.5, 0.6) is 0 Å². The van der Waals surface area contributed by atoms with E-state index in [1.165, 1.54) is 32.1 Å². The first kappa shape index (κ1) is 12.9. The van der Waals surface area contributed by atoms with Crippen LogP contribution >= 0.6 is 0 Å². The summed E-state index contributed by atoms with van der Waals surface area (Å²) in [7, 11) is 3.92. The lowest BCUT2D eigenvalue weighted by Crippen LogP contribution is -2.60. The number of likely N-dealkylation sites (tertiary alicyclic amines) is 1. The van der Waals surface area contributed by atoms with Crippen molar-refractivity contribution in [1.29, 1.82) is 0 Å². The van der Waals surface area contributed by atoms with Crippen LogP contribution in [0.15, 0.2) is 0 Å². The molecule has 0 aromatic heterocycles. The monoisotopic (exact) mass is 238 g/mol. The van der Waals surface area contributed by atoms with E-state index < -0.39 is 0 Å². The Morgan fingerprint density at radius 3 is 2.35 bits per heavy atom. The average molecular weight is 238 g/mol. The first-order valence-electron chi connectivity index (χ1n) is 6.97. The number of nitrogens with zero attached hydrogens (tertiary/aromatic N) is 2. The average Bonchev–Trinajstić information content (AvgIpc) is 2.25. The zero-order chi connectivity index (χ0) is 12.5. The largest absolute Gasteiger partial charge is 0.340 e. The molecule has 0 aromatic carbocycles. The van der Waals surface area contributed by atoms with Gasteiger partial charge in [-0.15, -0.1) is 0 Å². The van der Waals surface area contributed by atoms with Crippen molar-refractivity contribution >= 4 is 5.91 Å². The minimum Gasteiger partial charge on any atom is -0.340 e. The second kappa shape index (κ2) is 4.97. The Balaban J connectivity index is 1.76. The minimum absolute atomic E-state index is 0.304. The summed E-state index contributed by atoms with van der Waals surface area (Å²) in [5, 5.41) is 0. The normalized spacial score (nSPS) is 24.1. The third-order valence-electron chi connectivity index (χ3n) is 4.60. The lowest BCUT2D eigenvalue weighted by Gasteiger charge is -2.53. The number of likely N-dealkylation sites (N-methyl/N-ethyl adjacent to an activating group) is 1. The number of rotatable bonds is 3. The third-order valence-corrected chi connectivity index (χ3v) is 4.60. The van der Waals surface area contributed by atoms with Crippen LogP contribution in [0.3, 0.4) is 0 Å². The van der Waals surface area contributed by atoms with E-state index >= 15 is 0 Å². The van der Waals surface area contributed by atoms with E-state index in [9.17, 15) is 4.79 Å². The van der Waals surface area contributed by atoms with Crippen LogP contribution in [0.4, 0.5) is 0 Å². The highest BCUT2D eigenvalue weighted by Crippen LogP contribution is 2.46. The van der Waals surface area contributed by atoms with Gasteiger partial charge < -0.3 is 9.80 Å². The molecule has 1 aliphatic carbocycles. The Morgan fingerprint density at radius 2 is 1.88 bits per heavy atom. The fourth-order valence-electron chi connectivity index (χ4n) is 3.32. The Labute approximate surface area is 105 Å². The molecule has 0 aromatic rings. The van der Waals surface area contributed by atoms with Crippen LogP contribution in [-0.2, 0) is 4.79 Å². The van der Waals surface area contributed by atoms with Gasteiger partial charge in [0.2, 0.25) is 5.91 Å². The van der Waals surface area contributed by atoms with Crippen molar-refractivity contribution in [1.82, 2.24) is 9.80 Å². The van der Waals surface area contributed by atoms with Gasteiger partial charge in [0.05, 0.1) is 6.54 Å². The van der Waals surface area contributed by atoms with Crippen LogP contribution in [0.2, 0.25) is 0 Å². The summed E-state index contributed by atoms with van der Waals surface area (Å²) >= 11 is 0. The van der Waals surface area contributed by atoms with Gasteiger partial charge in [0.25, 0.3) is 0 Å². The molecular formula is C14H26N2O. The maximum absolute atomic E-state index is 11.9. The van der Waals surface area contributed by atoms with Gasteiger partial charge >= 0.3 is 0 Å². The summed E-state index contributed by atoms with van der Waals surface area (Å²) in [4.78, 5) is 15.9. The fourth-order valence-corrected chi connectivity index (χ4v) is 3.32. The zero-order valence-electron chi connectivity index (χ0n) is 11.5. The van der Waals surface area contributed by atoms with Gasteiger partial charge in [-0.25, -0.2) is 0 Å². The number of carbonyl (C=O) groups excluding carboxylic acids is 1. The molecule has 3 heteroatoms. The highest BCUT2D eigenvalue weighted by atomic mass is 16.2. The molecular weight excluding hydrogens is 212 g/mol. The molecule has 1 aliphatic heterocycles. The van der Waals surface area contributed by atoms with Crippen molar-refractivity contribution in [3.05, 3.63) is 0 Å². The summed E-state index contributed by atoms with van der Waals surface area (Å²) in [5.41, 5.74) is 0.508. The Bertz CT molecular complexity index is 272. The lowest BCUT2D eigenvalue weighted by molar-refractivity contribution is -0.146. The van der Waals surface area contributed by atoms with Crippen molar-refractivity contribution in [2.24, 2.45) is 11.3 Å². The maximum atomic E-state index is 11.9. The van der Waals surface area contributed by atoms with Crippen LogP contribution < -0.4 is 0 Å². The predicted octanol–water partition coefficient (Wildman–Crippen LogP) is 1.98. The van der Waals surface area contributed by atoms with Gasteiger partial charge in [-0.1, -0.05) is 13.3 Å². The number of amides is 1. The Hall–Kier alpha value is -0.570. The molecule has 0 unspecified atom stereocenters. The van der Waals surface area contributed by atoms with Gasteiger partial charge in [0, 0.05) is 18.5 Å². The Morgan fingerprint density at radius 1 is 1.29 bits per heavy atom. The maximum Gasteiger partial charge on any atom is 0.236 e. The molecule has 1 saturated heterocycles. The summed E-state index contributed by atoms with van der Waals surface area (Å²) in [6.45, 7) is 4.91. The van der Waals surface area contributed by atoms with Crippen LogP contribution in [0.1, 0.15) is 39.0 Å². The van der Waals surface area contributed by atoms with Gasteiger partial charge in [0.15, 0.2) is 0 Å². The first-order chi connectivity index (χ1) is 8.04. The van der Waals surface area contributed by atoms with E-state index in [0.29, 0.717) is 17.9 Å². The lowest BCUT2D eigenvalue weighted by atomic mass is 9.65. The Kier molecular flexibility index (Phi) is 3.76. The molecule has 2 fully saturated rings. The van der Waals surface area contributed by atoms with Crippen molar-refractivity contribution in [3.8, 4) is 0 Å². The molecule has 1 amide bonds. The number of hydrogen-bond acceptors (Lipinski definition) is 2. The quantitative estimate of drug-likeness (QED) is 0.750. The second-order valence-corrected chi connectivity index (χ2v) is 6.34. The van der Waals surface area contributed by atoms with Crippen LogP contribution in [0, 0.1) is 11.3 Å². The predicted molar refractivity (Wildman–Crippen MR) is 69.8 cm³/mol. The van der Waals surface area contributed by atoms with Gasteiger partial charge in [-0.2, -0.15) is 0 Å². The minimum atomic E-state index is 0.304. The van der Waals surface area contributed by atoms with Gasteiger partial charge in [-0.05, 0) is 45.7 Å². The van der Waals surface area contributed by atoms with Crippen molar-refractivity contribution in [3.63, 3.8) is 0 Å². The molecule has 0 N–H and O–H groups in total. The summed E-state index contributed by atoms with van der Waals surface area (Å²) in [5.74, 6) is 1.25. The van der Waals surface area contributed by atoms with Crippen molar-refractivity contribution in [2.45, 2.75) is 39.0 Å². The van der Waals surface area contributed by atoms with Gasteiger partial charge in [0.1, 0.15) is 0 Å². The van der Waals surface area contributed by atoms with Crippen LogP contribution in [0.25, 0.3) is 0 Å². The highest BCUT2D eigenvalue weighted by Gasteiger charge is 2.46. The molecule has 3 nitrogen and oxygen atoms in total. The molecule has 17 heavy (non-hydrogen) atoms. The molecule has 2 rings (SSSR count). The molecule has 1 spiro atoms. The zero-order valence-corrected chi connectivity index (χ0v) is 11.5. The molecule has 0 radical (unpaired) electrons. The van der Waals surface area contributed by atoms with Crippen LogP contribution in [-0.4, -0.2) is 49.4 Å². The van der Waals surface area contributed by atoms with E-state index in [1.807, 2.05) is 23.9 Å². The van der Waals surface area contributed by atoms with E-state index in [-0.39, 0.29) is 0 Å². The summed E-state index contributed by atoms with van der Waals surface area (Å²) in [6.07, 6.45) is 6.78. The van der Waals surface area contributed by atoms with Crippen molar-refractivity contribution < 1.29 is 4.79 Å². The third kappa shape index (κ3) is 2.82. The van der Waals surface area contributed by atoms with Crippen molar-refractivity contribution in [2.75, 3.05) is 33.7 Å². The second-order valence-electron chi connectivity index (χ2n) is 6.34. The summed E-state index contributed by atoms with van der Waals surface area (Å²) in [6, 6.07) is 0. The molecule has 0 bridgehead atoms. The first-order valence-corrected chi connectivity index (χ1v) is 6.97. The molecule has 2 aliphatic rings. The molecule has 0 atom stereocenters. The van der Waals surface area contributed by atoms with E-state index in [0.717, 1.165) is 19.0 Å². The topological polar surface area (TPSA) is 23.6 Å². The molecule has 1 heterocycles. The smallest absolute Gasteiger partial charge is 0.236 e. The molecule has 98 valence electrons. The number of carbonyl (C=O) groups is 1. The van der Waals surface area contributed by atoms with Gasteiger partial charge in [-0.3, -0.25) is 4.79 Å².